The average molecular weight is 317 g/mol. The number of nitrogens with zero attached hydrogens (tertiary/aromatic N) is 2. The van der Waals surface area contributed by atoms with E-state index in [2.05, 4.69) is 15.3 Å². The van der Waals surface area contributed by atoms with Crippen LogP contribution in [0.5, 0.6) is 5.88 Å². The van der Waals surface area contributed by atoms with Gasteiger partial charge in [0.2, 0.25) is 11.8 Å². The van der Waals surface area contributed by atoms with E-state index in [4.69, 9.17) is 4.74 Å². The minimum Gasteiger partial charge on any atom is -0.473 e. The van der Waals surface area contributed by atoms with Gasteiger partial charge in [-0.3, -0.25) is 9.78 Å². The second-order valence-electron chi connectivity index (χ2n) is 5.51. The van der Waals surface area contributed by atoms with Gasteiger partial charge in [0, 0.05) is 18.4 Å². The highest BCUT2D eigenvalue weighted by atomic mass is 32.1. The summed E-state index contributed by atoms with van der Waals surface area (Å²) in [5.74, 6) is 0.684. The van der Waals surface area contributed by atoms with Gasteiger partial charge in [-0.15, -0.1) is 0 Å². The van der Waals surface area contributed by atoms with Gasteiger partial charge in [0.05, 0.1) is 12.6 Å². The van der Waals surface area contributed by atoms with Crippen LogP contribution in [0.25, 0.3) is 0 Å². The van der Waals surface area contributed by atoms with Crippen molar-refractivity contribution in [3.63, 3.8) is 0 Å². The second kappa shape index (κ2) is 7.35. The second-order valence-corrected chi connectivity index (χ2v) is 6.29. The van der Waals surface area contributed by atoms with Crippen LogP contribution in [0.2, 0.25) is 0 Å². The van der Waals surface area contributed by atoms with E-state index in [1.165, 1.54) is 0 Å². The van der Waals surface area contributed by atoms with Crippen molar-refractivity contribution >= 4 is 17.2 Å². The van der Waals surface area contributed by atoms with Crippen LogP contribution in [0.1, 0.15) is 31.2 Å². The number of thiophene rings is 1. The summed E-state index contributed by atoms with van der Waals surface area (Å²) in [5.41, 5.74) is 1.09. The number of carbonyl (C=O) groups is 1. The Morgan fingerprint density at radius 2 is 2.18 bits per heavy atom. The molecule has 0 aromatic carbocycles. The van der Waals surface area contributed by atoms with Gasteiger partial charge in [0.15, 0.2) is 0 Å². The average Bonchev–Trinajstić information content (AvgIpc) is 3.03. The molecule has 6 heteroatoms. The van der Waals surface area contributed by atoms with Gasteiger partial charge in [-0.1, -0.05) is 0 Å². The van der Waals surface area contributed by atoms with Gasteiger partial charge >= 0.3 is 0 Å². The molecule has 0 spiro atoms. The Morgan fingerprint density at radius 3 is 2.86 bits per heavy atom. The van der Waals surface area contributed by atoms with Crippen LogP contribution in [0.3, 0.4) is 0 Å². The molecule has 116 valence electrons. The molecule has 2 aromatic heterocycles. The van der Waals surface area contributed by atoms with E-state index in [-0.39, 0.29) is 18.1 Å². The van der Waals surface area contributed by atoms with Gasteiger partial charge in [-0.05, 0) is 48.1 Å². The first-order valence-corrected chi connectivity index (χ1v) is 8.47. The first kappa shape index (κ1) is 15.0. The highest BCUT2D eigenvalue weighted by Crippen LogP contribution is 2.22. The molecule has 5 nitrogen and oxygen atoms in total. The van der Waals surface area contributed by atoms with Crippen molar-refractivity contribution in [2.45, 2.75) is 44.2 Å². The van der Waals surface area contributed by atoms with Crippen molar-refractivity contribution in [2.75, 3.05) is 0 Å². The quantitative estimate of drug-likeness (QED) is 0.920. The third kappa shape index (κ3) is 4.27. The van der Waals surface area contributed by atoms with Crippen LogP contribution in [-0.4, -0.2) is 28.0 Å². The van der Waals surface area contributed by atoms with Crippen molar-refractivity contribution in [3.05, 3.63) is 41.0 Å². The Hall–Kier alpha value is -1.95. The molecule has 1 N–H and O–H groups in total. The summed E-state index contributed by atoms with van der Waals surface area (Å²) < 4.78 is 5.81. The number of carbonyl (C=O) groups excluding carboxylic acids is 1. The molecule has 1 saturated carbocycles. The Kier molecular flexibility index (Phi) is 5.00. The number of hydrogen-bond acceptors (Lipinski definition) is 5. The smallest absolute Gasteiger partial charge is 0.232 e. The zero-order valence-corrected chi connectivity index (χ0v) is 13.1. The van der Waals surface area contributed by atoms with Crippen LogP contribution < -0.4 is 10.1 Å². The fourth-order valence-electron chi connectivity index (χ4n) is 2.70. The summed E-state index contributed by atoms with van der Waals surface area (Å²) in [5, 5.41) is 7.14. The predicted molar refractivity (Wildman–Crippen MR) is 84.9 cm³/mol. The number of ether oxygens (including phenoxy) is 1. The zero-order chi connectivity index (χ0) is 15.2. The summed E-state index contributed by atoms with van der Waals surface area (Å²) in [6.07, 6.45) is 9.29. The van der Waals surface area contributed by atoms with Gasteiger partial charge in [0.25, 0.3) is 0 Å². The largest absolute Gasteiger partial charge is 0.473 e. The monoisotopic (exact) mass is 317 g/mol. The number of rotatable bonds is 5. The number of nitrogens with one attached hydrogen (secondary N) is 1. The maximum Gasteiger partial charge on any atom is 0.232 e. The predicted octanol–water partition coefficient (Wildman–Crippen LogP) is 2.59. The lowest BCUT2D eigenvalue weighted by Gasteiger charge is -2.29. The van der Waals surface area contributed by atoms with Gasteiger partial charge in [-0.25, -0.2) is 4.98 Å². The van der Waals surface area contributed by atoms with Crippen LogP contribution in [-0.2, 0) is 11.2 Å². The molecule has 3 rings (SSSR count). The van der Waals surface area contributed by atoms with Crippen LogP contribution in [0.4, 0.5) is 0 Å². The van der Waals surface area contributed by atoms with Crippen LogP contribution >= 0.6 is 11.3 Å². The Balaban J connectivity index is 1.41. The van der Waals surface area contributed by atoms with E-state index >= 15 is 0 Å². The Bertz CT molecular complexity index is 581. The molecule has 22 heavy (non-hydrogen) atoms. The van der Waals surface area contributed by atoms with E-state index in [1.807, 2.05) is 16.8 Å². The Labute approximate surface area is 133 Å². The molecule has 2 heterocycles. The van der Waals surface area contributed by atoms with E-state index in [1.54, 1.807) is 29.9 Å². The first-order valence-electron chi connectivity index (χ1n) is 7.53. The summed E-state index contributed by atoms with van der Waals surface area (Å²) in [7, 11) is 0. The third-order valence-corrected chi connectivity index (χ3v) is 4.54. The molecule has 0 saturated heterocycles. The van der Waals surface area contributed by atoms with E-state index in [9.17, 15) is 4.79 Å². The molecule has 1 aliphatic carbocycles. The molecule has 1 amide bonds. The standard InChI is InChI=1S/C16H19N3O2S/c20-15(9-12-5-8-22-11-12)19-13-1-3-14(4-2-13)21-16-10-17-6-7-18-16/h5-8,10-11,13-14H,1-4,9H2,(H,19,20). The summed E-state index contributed by atoms with van der Waals surface area (Å²) in [4.78, 5) is 20.1. The lowest BCUT2D eigenvalue weighted by molar-refractivity contribution is -0.121. The highest BCUT2D eigenvalue weighted by molar-refractivity contribution is 7.07. The molecule has 1 aliphatic rings. The minimum absolute atomic E-state index is 0.108. The molecule has 0 atom stereocenters. The number of aromatic nitrogens is 2. The third-order valence-electron chi connectivity index (χ3n) is 3.81. The van der Waals surface area contributed by atoms with E-state index in [0.717, 1.165) is 31.2 Å². The fraction of sp³-hybridized carbons (Fsp3) is 0.438. The minimum atomic E-state index is 0.108. The maximum absolute atomic E-state index is 12.0. The molecule has 0 aliphatic heterocycles. The molecular formula is C16H19N3O2S. The maximum atomic E-state index is 12.0. The highest BCUT2D eigenvalue weighted by Gasteiger charge is 2.23. The Morgan fingerprint density at radius 1 is 1.32 bits per heavy atom. The summed E-state index contributed by atoms with van der Waals surface area (Å²) in [6, 6.07) is 2.25. The molecule has 0 bridgehead atoms. The number of hydrogen-bond donors (Lipinski definition) is 1. The van der Waals surface area contributed by atoms with Crippen molar-refractivity contribution in [1.29, 1.82) is 0 Å². The van der Waals surface area contributed by atoms with Crippen molar-refractivity contribution < 1.29 is 9.53 Å². The first-order chi connectivity index (χ1) is 10.8. The molecule has 1 fully saturated rings. The zero-order valence-electron chi connectivity index (χ0n) is 12.3. The topological polar surface area (TPSA) is 64.1 Å². The van der Waals surface area contributed by atoms with E-state index in [0.29, 0.717) is 12.3 Å². The molecule has 0 radical (unpaired) electrons. The van der Waals surface area contributed by atoms with E-state index < -0.39 is 0 Å². The van der Waals surface area contributed by atoms with Crippen LogP contribution in [0, 0.1) is 0 Å². The summed E-state index contributed by atoms with van der Waals surface area (Å²) >= 11 is 1.62. The van der Waals surface area contributed by atoms with Gasteiger partial charge in [0.1, 0.15) is 6.10 Å². The molecular weight excluding hydrogens is 298 g/mol. The molecule has 0 unspecified atom stereocenters. The van der Waals surface area contributed by atoms with Crippen molar-refractivity contribution in [1.82, 2.24) is 15.3 Å². The lowest BCUT2D eigenvalue weighted by Crippen LogP contribution is -2.40. The fourth-order valence-corrected chi connectivity index (χ4v) is 3.37. The van der Waals surface area contributed by atoms with Crippen molar-refractivity contribution in [2.24, 2.45) is 0 Å². The van der Waals surface area contributed by atoms with Crippen LogP contribution in [0.15, 0.2) is 35.4 Å². The lowest BCUT2D eigenvalue weighted by atomic mass is 9.93. The van der Waals surface area contributed by atoms with Crippen molar-refractivity contribution in [3.8, 4) is 5.88 Å². The van der Waals surface area contributed by atoms with Gasteiger partial charge in [-0.2, -0.15) is 11.3 Å². The summed E-state index contributed by atoms with van der Waals surface area (Å²) in [6.45, 7) is 0. The number of amides is 1. The molecule has 2 aromatic rings. The van der Waals surface area contributed by atoms with Gasteiger partial charge < -0.3 is 10.1 Å². The normalized spacial score (nSPS) is 21.3. The SMILES string of the molecule is O=C(Cc1ccsc1)NC1CCC(Oc2cnccn2)CC1.